The summed E-state index contributed by atoms with van der Waals surface area (Å²) >= 11 is 1.38. The van der Waals surface area contributed by atoms with Crippen molar-refractivity contribution in [2.75, 3.05) is 0 Å². The normalized spacial score (nSPS) is 10.7. The third-order valence-electron chi connectivity index (χ3n) is 2.59. The minimum absolute atomic E-state index is 0.0962. The lowest BCUT2D eigenvalue weighted by molar-refractivity contribution is 0.0697. The number of aromatic amines is 1. The van der Waals surface area contributed by atoms with Gasteiger partial charge >= 0.3 is 5.97 Å². The Morgan fingerprint density at radius 1 is 1.37 bits per heavy atom. The van der Waals surface area contributed by atoms with Gasteiger partial charge in [0.25, 0.3) is 5.56 Å². The van der Waals surface area contributed by atoms with Crippen molar-refractivity contribution in [3.63, 3.8) is 0 Å². The van der Waals surface area contributed by atoms with Gasteiger partial charge in [-0.15, -0.1) is 11.3 Å². The van der Waals surface area contributed by atoms with Crippen LogP contribution in [-0.4, -0.2) is 26.0 Å². The first-order valence-electron chi connectivity index (χ1n) is 5.32. The summed E-state index contributed by atoms with van der Waals surface area (Å²) in [5.41, 5.74) is 0.0683. The van der Waals surface area contributed by atoms with E-state index in [1.807, 2.05) is 0 Å². The van der Waals surface area contributed by atoms with Crippen LogP contribution in [0, 0.1) is 0 Å². The zero-order chi connectivity index (χ0) is 13.4. The van der Waals surface area contributed by atoms with Crippen molar-refractivity contribution in [3.8, 4) is 11.5 Å². The molecule has 0 spiro atoms. The molecule has 2 N–H and O–H groups in total. The lowest BCUT2D eigenvalue weighted by atomic mass is 10.2. The third kappa shape index (κ3) is 2.00. The molecule has 0 saturated carbocycles. The zero-order valence-electron chi connectivity index (χ0n) is 9.45. The van der Waals surface area contributed by atoms with E-state index in [0.29, 0.717) is 15.9 Å². The molecule has 0 saturated heterocycles. The van der Waals surface area contributed by atoms with E-state index in [2.05, 4.69) is 15.0 Å². The molecule has 0 bridgehead atoms. The van der Waals surface area contributed by atoms with Crippen LogP contribution in [0.15, 0.2) is 34.6 Å². The highest BCUT2D eigenvalue weighted by atomic mass is 32.1. The number of thiophene rings is 1. The van der Waals surface area contributed by atoms with Gasteiger partial charge in [-0.2, -0.15) is 4.98 Å². The van der Waals surface area contributed by atoms with Crippen LogP contribution < -0.4 is 5.56 Å². The zero-order valence-corrected chi connectivity index (χ0v) is 10.3. The fourth-order valence-corrected chi connectivity index (χ4v) is 2.46. The average Bonchev–Trinajstić information content (AvgIpc) is 2.87. The SMILES string of the molecule is O=C(O)c1ccnc(-c2nc(=O)c3ccsc3[nH]2)c1. The number of hydrogen-bond acceptors (Lipinski definition) is 5. The lowest BCUT2D eigenvalue weighted by Crippen LogP contribution is -2.09. The molecule has 0 aliphatic carbocycles. The minimum atomic E-state index is -1.05. The van der Waals surface area contributed by atoms with Crippen molar-refractivity contribution in [3.05, 3.63) is 45.7 Å². The molecule has 0 aliphatic heterocycles. The van der Waals surface area contributed by atoms with E-state index in [4.69, 9.17) is 5.11 Å². The second-order valence-electron chi connectivity index (χ2n) is 3.79. The van der Waals surface area contributed by atoms with E-state index < -0.39 is 5.97 Å². The van der Waals surface area contributed by atoms with Gasteiger partial charge in [-0.1, -0.05) is 0 Å². The van der Waals surface area contributed by atoms with E-state index in [1.54, 1.807) is 11.4 Å². The maximum Gasteiger partial charge on any atom is 0.335 e. The summed E-state index contributed by atoms with van der Waals surface area (Å²) < 4.78 is 0. The molecule has 3 heterocycles. The molecular weight excluding hydrogens is 266 g/mol. The number of pyridine rings is 1. The summed E-state index contributed by atoms with van der Waals surface area (Å²) in [7, 11) is 0. The summed E-state index contributed by atoms with van der Waals surface area (Å²) in [6.45, 7) is 0. The molecule has 6 nitrogen and oxygen atoms in total. The number of fused-ring (bicyclic) bond motifs is 1. The molecule has 3 aromatic heterocycles. The highest BCUT2D eigenvalue weighted by Gasteiger charge is 2.10. The highest BCUT2D eigenvalue weighted by Crippen LogP contribution is 2.18. The van der Waals surface area contributed by atoms with Crippen LogP contribution >= 0.6 is 11.3 Å². The number of nitrogens with one attached hydrogen (secondary N) is 1. The Bertz CT molecular complexity index is 837. The first-order chi connectivity index (χ1) is 9.15. The molecule has 0 radical (unpaired) electrons. The number of carboxylic acid groups (broad SMARTS) is 1. The van der Waals surface area contributed by atoms with Crippen LogP contribution in [0.5, 0.6) is 0 Å². The molecule has 0 aromatic carbocycles. The molecule has 3 aromatic rings. The van der Waals surface area contributed by atoms with E-state index in [0.717, 1.165) is 0 Å². The molecular formula is C12H7N3O3S. The van der Waals surface area contributed by atoms with E-state index >= 15 is 0 Å². The van der Waals surface area contributed by atoms with Gasteiger partial charge in [0.2, 0.25) is 0 Å². The largest absolute Gasteiger partial charge is 0.478 e. The van der Waals surface area contributed by atoms with Gasteiger partial charge in [-0.3, -0.25) is 9.78 Å². The molecule has 0 fully saturated rings. The Kier molecular flexibility index (Phi) is 2.60. The fraction of sp³-hybridized carbons (Fsp3) is 0. The highest BCUT2D eigenvalue weighted by molar-refractivity contribution is 7.16. The van der Waals surface area contributed by atoms with E-state index in [-0.39, 0.29) is 16.9 Å². The number of aromatic nitrogens is 3. The lowest BCUT2D eigenvalue weighted by Gasteiger charge is -2.01. The number of nitrogens with zero attached hydrogens (tertiary/aromatic N) is 2. The molecule has 0 aliphatic rings. The Labute approximate surface area is 110 Å². The minimum Gasteiger partial charge on any atom is -0.478 e. The number of hydrogen-bond donors (Lipinski definition) is 2. The average molecular weight is 273 g/mol. The molecule has 0 unspecified atom stereocenters. The van der Waals surface area contributed by atoms with E-state index in [1.165, 1.54) is 29.7 Å². The second kappa shape index (κ2) is 4.29. The summed E-state index contributed by atoms with van der Waals surface area (Å²) in [5.74, 6) is -0.786. The quantitative estimate of drug-likeness (QED) is 0.741. The molecule has 0 atom stereocenters. The smallest absolute Gasteiger partial charge is 0.335 e. The van der Waals surface area contributed by atoms with E-state index in [9.17, 15) is 9.59 Å². The maximum atomic E-state index is 11.8. The van der Waals surface area contributed by atoms with Gasteiger partial charge in [0.1, 0.15) is 10.5 Å². The molecule has 0 amide bonds. The predicted molar refractivity (Wildman–Crippen MR) is 70.4 cm³/mol. The van der Waals surface area contributed by atoms with Crippen LogP contribution in [-0.2, 0) is 0 Å². The van der Waals surface area contributed by atoms with Gasteiger partial charge in [0, 0.05) is 6.20 Å². The first-order valence-corrected chi connectivity index (χ1v) is 6.20. The number of H-pyrrole nitrogens is 1. The van der Waals surface area contributed by atoms with Crippen molar-refractivity contribution in [2.45, 2.75) is 0 Å². The standard InChI is InChI=1S/C12H7N3O3S/c16-10-7-2-4-19-11(7)15-9(14-10)8-5-6(12(17)18)1-3-13-8/h1-5H,(H,17,18)(H,14,15,16). The first kappa shape index (κ1) is 11.5. The number of aromatic carboxylic acids is 1. The maximum absolute atomic E-state index is 11.8. The van der Waals surface area contributed by atoms with Gasteiger partial charge < -0.3 is 10.1 Å². The molecule has 3 rings (SSSR count). The van der Waals surface area contributed by atoms with Crippen molar-refractivity contribution >= 4 is 27.5 Å². The van der Waals surface area contributed by atoms with Gasteiger partial charge in [0.15, 0.2) is 5.82 Å². The second-order valence-corrected chi connectivity index (χ2v) is 4.70. The van der Waals surface area contributed by atoms with Gasteiger partial charge in [-0.05, 0) is 23.6 Å². The summed E-state index contributed by atoms with van der Waals surface area (Å²) in [5, 5.41) is 11.2. The van der Waals surface area contributed by atoms with Crippen molar-refractivity contribution < 1.29 is 9.90 Å². The number of rotatable bonds is 2. The van der Waals surface area contributed by atoms with Crippen LogP contribution in [0.25, 0.3) is 21.7 Å². The Morgan fingerprint density at radius 2 is 2.21 bits per heavy atom. The monoisotopic (exact) mass is 273 g/mol. The van der Waals surface area contributed by atoms with Crippen molar-refractivity contribution in [1.82, 2.24) is 15.0 Å². The molecule has 19 heavy (non-hydrogen) atoms. The summed E-state index contributed by atoms with van der Waals surface area (Å²) in [6.07, 6.45) is 1.37. The van der Waals surface area contributed by atoms with Crippen molar-refractivity contribution in [1.29, 1.82) is 0 Å². The topological polar surface area (TPSA) is 95.9 Å². The Hall–Kier alpha value is -2.54. The molecule has 94 valence electrons. The Morgan fingerprint density at radius 3 is 3.00 bits per heavy atom. The predicted octanol–water partition coefficient (Wildman–Crippen LogP) is 1.74. The molecule has 7 heteroatoms. The van der Waals surface area contributed by atoms with Crippen LogP contribution in [0.4, 0.5) is 0 Å². The number of carboxylic acids is 1. The van der Waals surface area contributed by atoms with Crippen molar-refractivity contribution in [2.24, 2.45) is 0 Å². The summed E-state index contributed by atoms with van der Waals surface area (Å²) in [4.78, 5) is 34.3. The van der Waals surface area contributed by atoms with Gasteiger partial charge in [0.05, 0.1) is 10.9 Å². The Balaban J connectivity index is 2.21. The van der Waals surface area contributed by atoms with Crippen LogP contribution in [0.3, 0.4) is 0 Å². The van der Waals surface area contributed by atoms with Crippen LogP contribution in [0.1, 0.15) is 10.4 Å². The van der Waals surface area contributed by atoms with Crippen LogP contribution in [0.2, 0.25) is 0 Å². The third-order valence-corrected chi connectivity index (χ3v) is 3.42. The summed E-state index contributed by atoms with van der Waals surface area (Å²) in [6, 6.07) is 4.45. The number of carbonyl (C=O) groups is 1. The van der Waals surface area contributed by atoms with Gasteiger partial charge in [-0.25, -0.2) is 4.79 Å². The fourth-order valence-electron chi connectivity index (χ4n) is 1.69.